The van der Waals surface area contributed by atoms with Crippen molar-refractivity contribution >= 4 is 155 Å². The molecule has 0 aliphatic rings. The molecule has 0 atom stereocenters. The number of para-hydroxylation sites is 1. The van der Waals surface area contributed by atoms with Gasteiger partial charge in [-0.1, -0.05) is 79.0 Å². The lowest BCUT2D eigenvalue weighted by Crippen LogP contribution is -2.55. The second-order valence-electron chi connectivity index (χ2n) is 14.5. The molecule has 0 unspecified atom stereocenters. The average molecular weight is 570 g/mol. The minimum absolute atomic E-state index is 0.105. The fourth-order valence-corrected chi connectivity index (χ4v) is 8.01. The Morgan fingerprint density at radius 2 is 0.867 bits per heavy atom. The van der Waals surface area contributed by atoms with E-state index in [1.54, 1.807) is 0 Å². The van der Waals surface area contributed by atoms with Gasteiger partial charge >= 0.3 is 0 Å². The topological polar surface area (TPSA) is 4.93 Å². The van der Waals surface area contributed by atoms with Crippen molar-refractivity contribution < 1.29 is 0 Å². The molecule has 0 amide bonds. The van der Waals surface area contributed by atoms with E-state index in [1.165, 1.54) is 110 Å². The van der Waals surface area contributed by atoms with E-state index in [2.05, 4.69) is 164 Å². The largest absolute Gasteiger partial charge is 0.309 e. The molecule has 1 aromatic heterocycles. The maximum atomic E-state index is 2.50. The van der Waals surface area contributed by atoms with Gasteiger partial charge < -0.3 is 4.57 Å². The molecule has 0 aliphatic carbocycles. The first-order valence-electron chi connectivity index (χ1n) is 16.5. The Labute approximate surface area is 278 Å². The minimum atomic E-state index is -0.105. The third-order valence-corrected chi connectivity index (χ3v) is 11.3. The van der Waals surface area contributed by atoms with Crippen LogP contribution in [0.5, 0.6) is 0 Å². The molecule has 1 heterocycles. The van der Waals surface area contributed by atoms with Gasteiger partial charge in [0.1, 0.15) is 78.5 Å². The van der Waals surface area contributed by atoms with Crippen LogP contribution in [0.1, 0.15) is 26.3 Å². The molecule has 0 saturated carbocycles. The Balaban J connectivity index is 1.92. The van der Waals surface area contributed by atoms with Crippen LogP contribution >= 0.6 is 0 Å². The minimum Gasteiger partial charge on any atom is -0.309 e. The van der Waals surface area contributed by atoms with Crippen LogP contribution in [0.3, 0.4) is 0 Å². The van der Waals surface area contributed by atoms with Gasteiger partial charge in [0.25, 0.3) is 0 Å². The molecule has 0 radical (unpaired) electrons. The van der Waals surface area contributed by atoms with E-state index in [0.29, 0.717) is 0 Å². The van der Waals surface area contributed by atoms with Gasteiger partial charge in [0.05, 0.1) is 11.0 Å². The lowest BCUT2D eigenvalue weighted by Gasteiger charge is -2.29. The van der Waals surface area contributed by atoms with Crippen LogP contribution in [-0.2, 0) is 5.41 Å². The Kier molecular flexibility index (Phi) is 7.79. The van der Waals surface area contributed by atoms with Crippen LogP contribution in [0.25, 0.3) is 49.7 Å². The molecule has 0 saturated heterocycles. The van der Waals surface area contributed by atoms with E-state index < -0.39 is 0 Å². The maximum absolute atomic E-state index is 2.50. The van der Waals surface area contributed by atoms with E-state index in [1.807, 2.05) is 0 Å². The van der Waals surface area contributed by atoms with Gasteiger partial charge in [-0.15, -0.1) is 32.8 Å². The summed E-state index contributed by atoms with van der Waals surface area (Å²) in [5.74, 6) is 0. The summed E-state index contributed by atoms with van der Waals surface area (Å²) in [5.41, 5.74) is 24.5. The molecule has 0 fully saturated rings. The second kappa shape index (κ2) is 11.1. The molecule has 0 bridgehead atoms. The van der Waals surface area contributed by atoms with E-state index in [0.717, 1.165) is 0 Å². The van der Waals surface area contributed by atoms with Crippen LogP contribution < -0.4 is 54.6 Å². The Morgan fingerprint density at radius 1 is 0.422 bits per heavy atom. The van der Waals surface area contributed by atoms with Crippen LogP contribution in [0, 0.1) is 0 Å². The molecule has 11 heteroatoms. The second-order valence-corrected chi connectivity index (χ2v) is 14.5. The first-order chi connectivity index (χ1) is 21.2. The molecule has 0 N–H and O–H groups in total. The van der Waals surface area contributed by atoms with E-state index in [-0.39, 0.29) is 5.41 Å². The monoisotopic (exact) mass is 571 g/mol. The number of nitrogens with zero attached hydrogens (tertiary/aromatic N) is 1. The summed E-state index contributed by atoms with van der Waals surface area (Å²) >= 11 is 0. The highest BCUT2D eigenvalue weighted by Gasteiger charge is 2.29. The molecule has 0 spiro atoms. The summed E-state index contributed by atoms with van der Waals surface area (Å²) in [6, 6.07) is 22.7. The molecular formula is C34H39B10N. The van der Waals surface area contributed by atoms with Gasteiger partial charge in [-0.2, -0.15) is 0 Å². The molecule has 1 nitrogen and oxygen atoms in total. The average Bonchev–Trinajstić information content (AvgIpc) is 3.35. The summed E-state index contributed by atoms with van der Waals surface area (Å²) in [6.45, 7) is 7.19. The van der Waals surface area contributed by atoms with Crippen molar-refractivity contribution in [2.24, 2.45) is 0 Å². The van der Waals surface area contributed by atoms with Crippen LogP contribution in [0.2, 0.25) is 0 Å². The van der Waals surface area contributed by atoms with Crippen LogP contribution in [0.4, 0.5) is 0 Å². The fourth-order valence-electron chi connectivity index (χ4n) is 8.01. The predicted octanol–water partition coefficient (Wildman–Crippen LogP) is -8.00. The lowest BCUT2D eigenvalue weighted by atomic mass is 9.59. The van der Waals surface area contributed by atoms with Crippen molar-refractivity contribution in [3.8, 4) is 27.9 Å². The number of aromatic nitrogens is 1. The van der Waals surface area contributed by atoms with E-state index in [4.69, 9.17) is 0 Å². The van der Waals surface area contributed by atoms with Gasteiger partial charge in [-0.3, -0.25) is 0 Å². The van der Waals surface area contributed by atoms with Gasteiger partial charge in [0, 0.05) is 16.5 Å². The Bertz CT molecular complexity index is 2140. The zero-order chi connectivity index (χ0) is 32.7. The highest BCUT2D eigenvalue weighted by atomic mass is 15.0. The highest BCUT2D eigenvalue weighted by molar-refractivity contribution is 6.70. The number of hydrogen-bond donors (Lipinski definition) is 0. The van der Waals surface area contributed by atoms with Gasteiger partial charge in [-0.25, -0.2) is 0 Å². The normalized spacial score (nSPS) is 11.9. The zero-order valence-electron chi connectivity index (χ0n) is 29.7. The number of hydrogen-bond acceptors (Lipinski definition) is 0. The van der Waals surface area contributed by atoms with E-state index >= 15 is 0 Å². The van der Waals surface area contributed by atoms with Crippen molar-refractivity contribution in [1.29, 1.82) is 0 Å². The van der Waals surface area contributed by atoms with Crippen molar-refractivity contribution in [2.45, 2.75) is 26.2 Å². The first kappa shape index (κ1) is 31.5. The Hall–Kier alpha value is -3.45. The molecule has 210 valence electrons. The number of fused-ring (bicyclic) bond motifs is 3. The summed E-state index contributed by atoms with van der Waals surface area (Å²) in [4.78, 5) is 0. The quantitative estimate of drug-likeness (QED) is 0.187. The van der Waals surface area contributed by atoms with Crippen molar-refractivity contribution in [1.82, 2.24) is 4.57 Å². The third kappa shape index (κ3) is 4.67. The fraction of sp³-hybridized carbons (Fsp3) is 0.118. The van der Waals surface area contributed by atoms with Gasteiger partial charge in [0.2, 0.25) is 0 Å². The standard InChI is InChI=1S/C34H39B10N/c1-34(2,3)23-16(21-26(37)30(41)33(44)31(42)27(21)38)12-13-18-22(23)19-15(20-24(35)28(39)32(43)29(40)25(20)36)10-7-11-17(19)45(18)14-8-5-4-6-9-14/h4-13H,35-44H2,1-3H3. The molecular weight excluding hydrogens is 531 g/mol. The van der Waals surface area contributed by atoms with E-state index in [9.17, 15) is 0 Å². The lowest BCUT2D eigenvalue weighted by molar-refractivity contribution is 0.598. The predicted molar refractivity (Wildman–Crippen MR) is 232 cm³/mol. The summed E-state index contributed by atoms with van der Waals surface area (Å²) < 4.78 is 2.50. The van der Waals surface area contributed by atoms with Crippen LogP contribution in [0.15, 0.2) is 60.7 Å². The molecule has 0 aliphatic heterocycles. The summed E-state index contributed by atoms with van der Waals surface area (Å²) in [6.07, 6.45) is 0. The molecule has 6 rings (SSSR count). The first-order valence-corrected chi connectivity index (χ1v) is 16.5. The molecule has 6 aromatic rings. The Morgan fingerprint density at radius 3 is 1.36 bits per heavy atom. The van der Waals surface area contributed by atoms with Crippen molar-refractivity contribution in [3.05, 3.63) is 66.2 Å². The van der Waals surface area contributed by atoms with Crippen molar-refractivity contribution in [2.75, 3.05) is 0 Å². The van der Waals surface area contributed by atoms with Gasteiger partial charge in [0.15, 0.2) is 0 Å². The maximum Gasteiger partial charge on any atom is 0.139 e. The molecule has 45 heavy (non-hydrogen) atoms. The molecule has 5 aromatic carbocycles. The van der Waals surface area contributed by atoms with Crippen LogP contribution in [-0.4, -0.2) is 83.0 Å². The van der Waals surface area contributed by atoms with Gasteiger partial charge in [-0.05, 0) is 57.5 Å². The summed E-state index contributed by atoms with van der Waals surface area (Å²) in [5, 5.41) is 2.73. The number of rotatable bonds is 3. The smallest absolute Gasteiger partial charge is 0.139 e. The highest BCUT2D eigenvalue weighted by Crippen LogP contribution is 2.45. The third-order valence-electron chi connectivity index (χ3n) is 11.3. The SMILES string of the molecule is Bc1c(B)c(B)c(-c2ccc3c(c2C(C)(C)C)c2c(-c4c(B)c(B)c(B)c(B)c4B)cccc2n3-c2ccccc2)c(B)c1B. The zero-order valence-corrected chi connectivity index (χ0v) is 29.7. The number of benzene rings is 5. The van der Waals surface area contributed by atoms with Crippen molar-refractivity contribution in [3.63, 3.8) is 0 Å². The summed E-state index contributed by atoms with van der Waals surface area (Å²) in [7, 11) is 23.0.